The number of unbranched alkanes of at least 4 members (excludes halogenated alkanes) is 2. The Labute approximate surface area is 87.3 Å². The van der Waals surface area contributed by atoms with Gasteiger partial charge in [-0.3, -0.25) is 0 Å². The fraction of sp³-hybridized carbons (Fsp3) is 0.538. The van der Waals surface area contributed by atoms with Crippen molar-refractivity contribution in [3.8, 4) is 0 Å². The second-order valence-electron chi connectivity index (χ2n) is 3.84. The predicted octanol–water partition coefficient (Wildman–Crippen LogP) is 3.56. The second-order valence-corrected chi connectivity index (χ2v) is 3.84. The number of hydrogen-bond acceptors (Lipinski definition) is 1. The summed E-state index contributed by atoms with van der Waals surface area (Å²) >= 11 is 0. The van der Waals surface area contributed by atoms with Crippen LogP contribution in [0.5, 0.6) is 0 Å². The molecule has 0 aliphatic rings. The number of nitrogens with two attached hydrogens (primary N) is 1. The third-order valence-electron chi connectivity index (χ3n) is 2.66. The van der Waals surface area contributed by atoms with Crippen LogP contribution >= 0.6 is 0 Å². The van der Waals surface area contributed by atoms with Crippen LogP contribution in [0.2, 0.25) is 0 Å². The van der Waals surface area contributed by atoms with E-state index in [0.717, 1.165) is 12.1 Å². The van der Waals surface area contributed by atoms with Crippen LogP contribution in [-0.4, -0.2) is 0 Å². The number of benzene rings is 1. The summed E-state index contributed by atoms with van der Waals surface area (Å²) in [5.41, 5.74) is 9.52. The maximum absolute atomic E-state index is 5.85. The summed E-state index contributed by atoms with van der Waals surface area (Å²) in [7, 11) is 0. The van der Waals surface area contributed by atoms with Gasteiger partial charge < -0.3 is 5.73 Å². The van der Waals surface area contributed by atoms with Crippen LogP contribution in [0.25, 0.3) is 0 Å². The van der Waals surface area contributed by atoms with Gasteiger partial charge in [-0.25, -0.2) is 0 Å². The molecule has 0 saturated carbocycles. The first-order valence-corrected chi connectivity index (χ1v) is 5.65. The molecular formula is C13H21N. The van der Waals surface area contributed by atoms with E-state index in [-0.39, 0.29) is 0 Å². The van der Waals surface area contributed by atoms with Crippen molar-refractivity contribution in [2.75, 3.05) is 5.73 Å². The SMILES string of the molecule is CCCCCc1ccc(N)c(CC)c1. The van der Waals surface area contributed by atoms with Gasteiger partial charge in [0, 0.05) is 5.69 Å². The lowest BCUT2D eigenvalue weighted by molar-refractivity contribution is 0.717. The highest BCUT2D eigenvalue weighted by molar-refractivity contribution is 5.48. The van der Waals surface area contributed by atoms with Crippen LogP contribution in [0.15, 0.2) is 18.2 Å². The molecule has 1 rings (SSSR count). The maximum Gasteiger partial charge on any atom is 0.0346 e. The third-order valence-corrected chi connectivity index (χ3v) is 2.66. The molecule has 0 bridgehead atoms. The number of anilines is 1. The van der Waals surface area contributed by atoms with Gasteiger partial charge in [-0.05, 0) is 36.5 Å². The molecule has 1 heteroatoms. The van der Waals surface area contributed by atoms with E-state index in [0.29, 0.717) is 0 Å². The summed E-state index contributed by atoms with van der Waals surface area (Å²) in [5.74, 6) is 0. The van der Waals surface area contributed by atoms with Crippen LogP contribution in [-0.2, 0) is 12.8 Å². The molecule has 0 aromatic heterocycles. The van der Waals surface area contributed by atoms with E-state index in [4.69, 9.17) is 5.73 Å². The maximum atomic E-state index is 5.85. The lowest BCUT2D eigenvalue weighted by atomic mass is 10.0. The molecule has 0 radical (unpaired) electrons. The van der Waals surface area contributed by atoms with E-state index in [1.165, 1.54) is 36.8 Å². The van der Waals surface area contributed by atoms with Gasteiger partial charge in [-0.2, -0.15) is 0 Å². The zero-order valence-electron chi connectivity index (χ0n) is 9.34. The quantitative estimate of drug-likeness (QED) is 0.559. The molecule has 14 heavy (non-hydrogen) atoms. The molecule has 1 aromatic rings. The second kappa shape index (κ2) is 5.69. The van der Waals surface area contributed by atoms with Crippen LogP contribution in [0.4, 0.5) is 5.69 Å². The fourth-order valence-electron chi connectivity index (χ4n) is 1.70. The predicted molar refractivity (Wildman–Crippen MR) is 63.5 cm³/mol. The fourth-order valence-corrected chi connectivity index (χ4v) is 1.70. The van der Waals surface area contributed by atoms with Gasteiger partial charge in [-0.15, -0.1) is 0 Å². The smallest absolute Gasteiger partial charge is 0.0346 e. The van der Waals surface area contributed by atoms with Gasteiger partial charge in [0.15, 0.2) is 0 Å². The van der Waals surface area contributed by atoms with Crippen LogP contribution in [0, 0.1) is 0 Å². The minimum atomic E-state index is 0.937. The molecule has 0 fully saturated rings. The van der Waals surface area contributed by atoms with Gasteiger partial charge >= 0.3 is 0 Å². The van der Waals surface area contributed by atoms with Gasteiger partial charge in [0.05, 0.1) is 0 Å². The highest BCUT2D eigenvalue weighted by atomic mass is 14.6. The molecule has 0 aliphatic carbocycles. The topological polar surface area (TPSA) is 26.0 Å². The van der Waals surface area contributed by atoms with Gasteiger partial charge in [-0.1, -0.05) is 38.8 Å². The molecule has 0 spiro atoms. The average molecular weight is 191 g/mol. The molecule has 0 aliphatic heterocycles. The minimum absolute atomic E-state index is 0.937. The van der Waals surface area contributed by atoms with Crippen molar-refractivity contribution in [1.82, 2.24) is 0 Å². The largest absolute Gasteiger partial charge is 0.399 e. The first-order valence-electron chi connectivity index (χ1n) is 5.65. The Bertz CT molecular complexity index is 279. The summed E-state index contributed by atoms with van der Waals surface area (Å²) < 4.78 is 0. The van der Waals surface area contributed by atoms with E-state index >= 15 is 0 Å². The molecule has 1 nitrogen and oxygen atoms in total. The molecule has 0 atom stereocenters. The van der Waals surface area contributed by atoms with E-state index < -0.39 is 0 Å². The summed E-state index contributed by atoms with van der Waals surface area (Å²) in [5, 5.41) is 0. The number of aryl methyl sites for hydroxylation is 2. The lowest BCUT2D eigenvalue weighted by Gasteiger charge is -2.06. The molecule has 0 amide bonds. The zero-order valence-corrected chi connectivity index (χ0v) is 9.34. The van der Waals surface area contributed by atoms with Gasteiger partial charge in [0.2, 0.25) is 0 Å². The van der Waals surface area contributed by atoms with Crippen molar-refractivity contribution in [1.29, 1.82) is 0 Å². The Morgan fingerprint density at radius 1 is 1.14 bits per heavy atom. The van der Waals surface area contributed by atoms with Crippen molar-refractivity contribution in [3.63, 3.8) is 0 Å². The van der Waals surface area contributed by atoms with Gasteiger partial charge in [0.25, 0.3) is 0 Å². The Hall–Kier alpha value is -0.980. The lowest BCUT2D eigenvalue weighted by Crippen LogP contribution is -1.95. The molecule has 78 valence electrons. The highest BCUT2D eigenvalue weighted by Gasteiger charge is 1.98. The van der Waals surface area contributed by atoms with E-state index in [1.807, 2.05) is 6.07 Å². The summed E-state index contributed by atoms with van der Waals surface area (Å²) in [6, 6.07) is 6.45. The van der Waals surface area contributed by atoms with Crippen LogP contribution in [0.3, 0.4) is 0 Å². The van der Waals surface area contributed by atoms with Gasteiger partial charge in [0.1, 0.15) is 0 Å². The Kier molecular flexibility index (Phi) is 4.51. The van der Waals surface area contributed by atoms with E-state index in [9.17, 15) is 0 Å². The van der Waals surface area contributed by atoms with E-state index in [2.05, 4.69) is 26.0 Å². The molecule has 0 unspecified atom stereocenters. The molecule has 1 aromatic carbocycles. The summed E-state index contributed by atoms with van der Waals surface area (Å²) in [6.45, 7) is 4.39. The monoisotopic (exact) mass is 191 g/mol. The third kappa shape index (κ3) is 3.06. The molecule has 0 saturated heterocycles. The Morgan fingerprint density at radius 3 is 2.57 bits per heavy atom. The van der Waals surface area contributed by atoms with Crippen molar-refractivity contribution < 1.29 is 0 Å². The normalized spacial score (nSPS) is 10.4. The molecule has 2 N–H and O–H groups in total. The Balaban J connectivity index is 2.60. The zero-order chi connectivity index (χ0) is 10.4. The van der Waals surface area contributed by atoms with Crippen LogP contribution < -0.4 is 5.73 Å². The molecular weight excluding hydrogens is 170 g/mol. The minimum Gasteiger partial charge on any atom is -0.399 e. The average Bonchev–Trinajstić information content (AvgIpc) is 2.21. The molecule has 0 heterocycles. The first kappa shape index (κ1) is 11.1. The summed E-state index contributed by atoms with van der Waals surface area (Å²) in [4.78, 5) is 0. The van der Waals surface area contributed by atoms with Crippen molar-refractivity contribution in [2.45, 2.75) is 46.0 Å². The number of hydrogen-bond donors (Lipinski definition) is 1. The van der Waals surface area contributed by atoms with Crippen molar-refractivity contribution in [3.05, 3.63) is 29.3 Å². The van der Waals surface area contributed by atoms with Crippen LogP contribution in [0.1, 0.15) is 44.2 Å². The van der Waals surface area contributed by atoms with E-state index in [1.54, 1.807) is 0 Å². The number of rotatable bonds is 5. The first-order chi connectivity index (χ1) is 6.77. The Morgan fingerprint density at radius 2 is 1.93 bits per heavy atom. The highest BCUT2D eigenvalue weighted by Crippen LogP contribution is 2.16. The van der Waals surface area contributed by atoms with Crippen molar-refractivity contribution in [2.24, 2.45) is 0 Å². The standard InChI is InChI=1S/C13H21N/c1-3-5-6-7-11-8-9-13(14)12(4-2)10-11/h8-10H,3-7,14H2,1-2H3. The van der Waals surface area contributed by atoms with Crippen molar-refractivity contribution >= 4 is 5.69 Å². The number of nitrogen functional groups attached to an aromatic ring is 1. The summed E-state index contributed by atoms with van der Waals surface area (Å²) in [6.07, 6.45) is 6.14.